The summed E-state index contributed by atoms with van der Waals surface area (Å²) in [7, 11) is 0. The molecule has 1 aromatic heterocycles. The van der Waals surface area contributed by atoms with Crippen LogP contribution in [-0.2, 0) is 9.47 Å². The lowest BCUT2D eigenvalue weighted by molar-refractivity contribution is -0.277. The van der Waals surface area contributed by atoms with Crippen molar-refractivity contribution >= 4 is 16.9 Å². The third-order valence-corrected chi connectivity index (χ3v) is 6.63. The van der Waals surface area contributed by atoms with Gasteiger partial charge in [-0.3, -0.25) is 4.79 Å². The van der Waals surface area contributed by atoms with Gasteiger partial charge in [-0.2, -0.15) is 0 Å². The summed E-state index contributed by atoms with van der Waals surface area (Å²) in [6.45, 7) is -0.761. The summed E-state index contributed by atoms with van der Waals surface area (Å²) in [6.07, 6.45) is -9.19. The molecule has 0 amide bonds. The van der Waals surface area contributed by atoms with E-state index in [2.05, 4.69) is 0 Å². The minimum absolute atomic E-state index is 0.122. The Balaban J connectivity index is 1.47. The number of rotatable bonds is 6. The molecule has 4 aromatic rings. The molecule has 9 N–H and O–H groups in total. The normalized spacial score (nSPS) is 21.9. The molecule has 226 valence electrons. The Morgan fingerprint density at radius 3 is 2.09 bits per heavy atom. The molecular weight excluding hydrogens is 576 g/mol. The van der Waals surface area contributed by atoms with Crippen molar-refractivity contribution in [2.45, 2.75) is 30.7 Å². The molecule has 0 radical (unpaired) electrons. The Morgan fingerprint density at radius 1 is 0.791 bits per heavy atom. The zero-order valence-corrected chi connectivity index (χ0v) is 21.7. The Hall–Kier alpha value is -5.22. The van der Waals surface area contributed by atoms with Gasteiger partial charge in [-0.1, -0.05) is 0 Å². The van der Waals surface area contributed by atoms with Crippen LogP contribution in [0.1, 0.15) is 10.4 Å². The van der Waals surface area contributed by atoms with Gasteiger partial charge in [-0.15, -0.1) is 0 Å². The molecule has 5 atom stereocenters. The topological polar surface area (TPSA) is 257 Å². The molecule has 1 aliphatic rings. The van der Waals surface area contributed by atoms with Crippen LogP contribution in [0.15, 0.2) is 57.7 Å². The van der Waals surface area contributed by atoms with Crippen molar-refractivity contribution < 1.29 is 69.4 Å². The van der Waals surface area contributed by atoms with Gasteiger partial charge in [0.25, 0.3) is 0 Å². The number of benzene rings is 3. The van der Waals surface area contributed by atoms with Crippen LogP contribution in [0.3, 0.4) is 0 Å². The van der Waals surface area contributed by atoms with E-state index in [0.29, 0.717) is 0 Å². The number of aromatic hydroxyl groups is 6. The number of esters is 1. The van der Waals surface area contributed by atoms with Gasteiger partial charge >= 0.3 is 5.97 Å². The van der Waals surface area contributed by atoms with E-state index < -0.39 is 88.6 Å². The highest BCUT2D eigenvalue weighted by Crippen LogP contribution is 2.38. The largest absolute Gasteiger partial charge is 0.508 e. The number of fused-ring (bicyclic) bond motifs is 1. The van der Waals surface area contributed by atoms with Crippen LogP contribution in [0.5, 0.6) is 40.2 Å². The summed E-state index contributed by atoms with van der Waals surface area (Å²) in [5.41, 5.74) is -1.43. The van der Waals surface area contributed by atoms with Gasteiger partial charge in [0.05, 0.1) is 5.56 Å². The summed E-state index contributed by atoms with van der Waals surface area (Å²) in [5.74, 6) is -5.74. The molecular formula is C28H24O15. The van der Waals surface area contributed by atoms with Gasteiger partial charge in [0, 0.05) is 17.7 Å². The fourth-order valence-corrected chi connectivity index (χ4v) is 4.41. The number of aliphatic hydroxyl groups is 3. The second kappa shape index (κ2) is 11.2. The van der Waals surface area contributed by atoms with Crippen LogP contribution in [0.2, 0.25) is 0 Å². The molecule has 43 heavy (non-hydrogen) atoms. The van der Waals surface area contributed by atoms with Crippen LogP contribution in [0.4, 0.5) is 0 Å². The molecule has 1 saturated heterocycles. The summed E-state index contributed by atoms with van der Waals surface area (Å²) >= 11 is 0. The first-order chi connectivity index (χ1) is 20.3. The predicted octanol–water partition coefficient (Wildman–Crippen LogP) is 0.737. The Morgan fingerprint density at radius 2 is 1.44 bits per heavy atom. The maximum atomic E-state index is 13.5. The van der Waals surface area contributed by atoms with E-state index >= 15 is 0 Å². The number of phenols is 6. The lowest BCUT2D eigenvalue weighted by Gasteiger charge is -2.39. The summed E-state index contributed by atoms with van der Waals surface area (Å²) in [6, 6.07) is 8.81. The minimum Gasteiger partial charge on any atom is -0.508 e. The van der Waals surface area contributed by atoms with E-state index in [1.165, 1.54) is 24.3 Å². The highest BCUT2D eigenvalue weighted by Gasteiger charge is 2.46. The molecule has 0 spiro atoms. The zero-order valence-electron chi connectivity index (χ0n) is 21.7. The average molecular weight is 600 g/mol. The smallest absolute Gasteiger partial charge is 0.338 e. The van der Waals surface area contributed by atoms with E-state index in [9.17, 15) is 55.5 Å². The summed E-state index contributed by atoms with van der Waals surface area (Å²) in [5, 5.41) is 89.8. The second-order valence-electron chi connectivity index (χ2n) is 9.57. The standard InChI is InChI=1S/C28H24O15/c29-12-3-1-10(2-4-12)25-26(22(36)19-14(31)7-13(30)8-17(19)41-25)43-28-24(38)23(37)21(35)18(42-28)9-40-27(39)11-5-15(32)20(34)16(33)6-11/h1-8,18,21,23-24,28-35,37-38H,9H2/t18-,21+,23+,24+,28+/m0/s1. The molecule has 15 heteroatoms. The molecule has 2 heterocycles. The lowest BCUT2D eigenvalue weighted by Crippen LogP contribution is -2.60. The minimum atomic E-state index is -1.97. The lowest BCUT2D eigenvalue weighted by atomic mass is 9.99. The molecule has 1 fully saturated rings. The van der Waals surface area contributed by atoms with Crippen molar-refractivity contribution in [1.29, 1.82) is 0 Å². The molecule has 0 unspecified atom stereocenters. The maximum absolute atomic E-state index is 13.5. The molecule has 0 saturated carbocycles. The number of carbonyl (C=O) groups is 1. The molecule has 1 aliphatic heterocycles. The first-order valence-electron chi connectivity index (χ1n) is 12.5. The van der Waals surface area contributed by atoms with E-state index in [1.54, 1.807) is 0 Å². The second-order valence-corrected chi connectivity index (χ2v) is 9.57. The van der Waals surface area contributed by atoms with Crippen molar-refractivity contribution in [2.24, 2.45) is 0 Å². The van der Waals surface area contributed by atoms with Crippen LogP contribution in [-0.4, -0.2) is 89.2 Å². The van der Waals surface area contributed by atoms with Crippen LogP contribution < -0.4 is 10.2 Å². The Bertz CT molecular complexity index is 1720. The molecule has 15 nitrogen and oxygen atoms in total. The maximum Gasteiger partial charge on any atom is 0.338 e. The number of hydrogen-bond donors (Lipinski definition) is 9. The quantitative estimate of drug-likeness (QED) is 0.109. The van der Waals surface area contributed by atoms with Gasteiger partial charge in [0.1, 0.15) is 59.2 Å². The van der Waals surface area contributed by atoms with Gasteiger partial charge in [-0.05, 0) is 36.4 Å². The van der Waals surface area contributed by atoms with E-state index in [1.807, 2.05) is 0 Å². The Labute approximate surface area is 239 Å². The average Bonchev–Trinajstić information content (AvgIpc) is 2.96. The molecule has 0 aliphatic carbocycles. The fourth-order valence-electron chi connectivity index (χ4n) is 4.41. The number of phenolic OH excluding ortho intramolecular Hbond substituents is 6. The SMILES string of the molecule is O=C(OC[C@@H]1O[C@H](Oc2c(-c3ccc(O)cc3)oc3cc(O)cc(O)c3c2=O)[C@H](O)[C@H](O)[C@@H]1O)c1cc(O)c(O)c(O)c1. The van der Waals surface area contributed by atoms with E-state index in [0.717, 1.165) is 24.3 Å². The predicted molar refractivity (Wildman–Crippen MR) is 142 cm³/mol. The first-order valence-corrected chi connectivity index (χ1v) is 12.5. The first kappa shape index (κ1) is 29.3. The van der Waals surface area contributed by atoms with Crippen molar-refractivity contribution in [2.75, 3.05) is 6.61 Å². The van der Waals surface area contributed by atoms with E-state index in [-0.39, 0.29) is 28.2 Å². The number of aliphatic hydroxyl groups excluding tert-OH is 3. The van der Waals surface area contributed by atoms with Crippen LogP contribution in [0.25, 0.3) is 22.3 Å². The van der Waals surface area contributed by atoms with Gasteiger partial charge in [0.15, 0.2) is 23.0 Å². The van der Waals surface area contributed by atoms with Crippen molar-refractivity contribution in [1.82, 2.24) is 0 Å². The number of carbonyl (C=O) groups excluding carboxylic acids is 1. The van der Waals surface area contributed by atoms with Crippen LogP contribution in [0, 0.1) is 0 Å². The third kappa shape index (κ3) is 5.52. The van der Waals surface area contributed by atoms with Gasteiger partial charge in [-0.25, -0.2) is 4.79 Å². The van der Waals surface area contributed by atoms with Gasteiger partial charge in [0.2, 0.25) is 17.5 Å². The number of hydrogen-bond acceptors (Lipinski definition) is 15. The highest BCUT2D eigenvalue weighted by molar-refractivity contribution is 5.91. The summed E-state index contributed by atoms with van der Waals surface area (Å²) < 4.78 is 22.0. The zero-order chi connectivity index (χ0) is 31.2. The fraction of sp³-hybridized carbons (Fsp3) is 0.214. The highest BCUT2D eigenvalue weighted by atomic mass is 16.7. The van der Waals surface area contributed by atoms with Crippen molar-refractivity contribution in [3.63, 3.8) is 0 Å². The number of ether oxygens (including phenoxy) is 3. The Kier molecular flexibility index (Phi) is 7.64. The molecule has 0 bridgehead atoms. The van der Waals surface area contributed by atoms with Crippen LogP contribution >= 0.6 is 0 Å². The van der Waals surface area contributed by atoms with Gasteiger partial charge < -0.3 is 64.6 Å². The third-order valence-electron chi connectivity index (χ3n) is 6.63. The van der Waals surface area contributed by atoms with Crippen molar-refractivity contribution in [3.8, 4) is 51.6 Å². The molecule has 3 aromatic carbocycles. The van der Waals surface area contributed by atoms with Crippen molar-refractivity contribution in [3.05, 3.63) is 64.3 Å². The van der Waals surface area contributed by atoms with E-state index in [4.69, 9.17) is 18.6 Å². The summed E-state index contributed by atoms with van der Waals surface area (Å²) in [4.78, 5) is 26.0. The molecule has 5 rings (SSSR count). The monoisotopic (exact) mass is 600 g/mol.